The third kappa shape index (κ3) is 11.4. The molecule has 2 bridgehead atoms. The van der Waals surface area contributed by atoms with Crippen molar-refractivity contribution in [2.75, 3.05) is 7.11 Å². The number of amides is 4. The molecule has 4 amide bonds. The number of allylic oxidation sites excluding steroid dienone is 1. The first-order valence-corrected chi connectivity index (χ1v) is 22.5. The lowest BCUT2D eigenvalue weighted by atomic mass is 9.86. The van der Waals surface area contributed by atoms with Gasteiger partial charge < -0.3 is 30.2 Å². The first-order chi connectivity index (χ1) is 30.3. The van der Waals surface area contributed by atoms with E-state index in [1.54, 1.807) is 110 Å². The molecule has 6 rings (SSSR count). The van der Waals surface area contributed by atoms with E-state index in [-0.39, 0.29) is 17.7 Å². The number of nitrogens with zero attached hydrogens (tertiary/aromatic N) is 1. The Bertz CT molecular complexity index is 2690. The molecule has 1 aliphatic heterocycles. The predicted molar refractivity (Wildman–Crippen MR) is 245 cm³/mol. The Labute approximate surface area is 374 Å². The smallest absolute Gasteiger partial charge is 0.408 e. The van der Waals surface area contributed by atoms with Crippen molar-refractivity contribution in [2.24, 2.45) is 5.41 Å². The van der Waals surface area contributed by atoms with Crippen LogP contribution in [0.1, 0.15) is 84.0 Å². The summed E-state index contributed by atoms with van der Waals surface area (Å²) in [6, 6.07) is 24.3. The summed E-state index contributed by atoms with van der Waals surface area (Å²) >= 11 is 0. The molecule has 0 spiro atoms. The number of aromatic nitrogens is 1. The fourth-order valence-corrected chi connectivity index (χ4v) is 8.45. The van der Waals surface area contributed by atoms with Crippen molar-refractivity contribution in [2.45, 2.75) is 96.4 Å². The van der Waals surface area contributed by atoms with E-state index in [9.17, 15) is 27.6 Å². The summed E-state index contributed by atoms with van der Waals surface area (Å²) in [6.07, 6.45) is 3.27. The maximum Gasteiger partial charge on any atom is 0.408 e. The molecule has 0 aliphatic carbocycles. The molecule has 4 N–H and O–H groups in total. The molecule has 1 aliphatic rings. The van der Waals surface area contributed by atoms with Gasteiger partial charge >= 0.3 is 6.09 Å². The number of nitrogens with one attached hydrogen (secondary N) is 4. The highest BCUT2D eigenvalue weighted by molar-refractivity contribution is 7.90. The zero-order valence-corrected chi connectivity index (χ0v) is 38.1. The van der Waals surface area contributed by atoms with E-state index in [2.05, 4.69) is 20.7 Å². The van der Waals surface area contributed by atoms with Gasteiger partial charge in [0, 0.05) is 28.6 Å². The van der Waals surface area contributed by atoms with Crippen molar-refractivity contribution >= 4 is 50.8 Å². The predicted octanol–water partition coefficient (Wildman–Crippen LogP) is 8.16. The fourth-order valence-electron chi connectivity index (χ4n) is 7.18. The van der Waals surface area contributed by atoms with E-state index in [1.165, 1.54) is 6.07 Å². The molecule has 15 heteroatoms. The van der Waals surface area contributed by atoms with Crippen LogP contribution in [0, 0.1) is 5.41 Å². The van der Waals surface area contributed by atoms with Crippen molar-refractivity contribution in [3.63, 3.8) is 0 Å². The summed E-state index contributed by atoms with van der Waals surface area (Å²) in [5, 5.41) is 8.89. The average Bonchev–Trinajstić information content (AvgIpc) is 3.23. The first kappa shape index (κ1) is 46.8. The highest BCUT2D eigenvalue weighted by atomic mass is 32.2. The highest BCUT2D eigenvalue weighted by Gasteiger charge is 2.38. The number of hydrogen-bond donors (Lipinski definition) is 4. The van der Waals surface area contributed by atoms with Gasteiger partial charge in [0.2, 0.25) is 11.8 Å². The molecule has 3 atom stereocenters. The second-order valence-corrected chi connectivity index (χ2v) is 19.2. The molecule has 5 aromatic rings. The summed E-state index contributed by atoms with van der Waals surface area (Å²) in [5.74, 6) is -1.03. The van der Waals surface area contributed by atoms with Crippen LogP contribution in [-0.4, -0.2) is 62.0 Å². The van der Waals surface area contributed by atoms with Crippen LogP contribution in [0.15, 0.2) is 108 Å². The van der Waals surface area contributed by atoms with E-state index >= 15 is 0 Å². The minimum Gasteiger partial charge on any atom is -0.497 e. The Hall–Kier alpha value is -6.74. The van der Waals surface area contributed by atoms with Crippen LogP contribution in [0.25, 0.3) is 28.2 Å². The number of sulfonamides is 1. The van der Waals surface area contributed by atoms with Gasteiger partial charge in [-0.15, -0.1) is 0 Å². The number of fused-ring (bicyclic) bond motifs is 4. The third-order valence-corrected chi connectivity index (χ3v) is 11.8. The quantitative estimate of drug-likeness (QED) is 0.112. The second-order valence-electron chi connectivity index (χ2n) is 17.6. The summed E-state index contributed by atoms with van der Waals surface area (Å²) in [4.78, 5) is 60.5. The van der Waals surface area contributed by atoms with Gasteiger partial charge in [-0.25, -0.2) is 22.9 Å². The minimum absolute atomic E-state index is 0.0799. The van der Waals surface area contributed by atoms with Crippen LogP contribution in [0.2, 0.25) is 0 Å². The number of alkyl carbamates (subject to hydrolysis) is 1. The highest BCUT2D eigenvalue weighted by Crippen LogP contribution is 2.37. The standard InChI is InChI=1S/C49H55N5O9S/c1-9-16-36-44(55)54-64(59,60)41-22-14-13-19-31(41)20-15-21-32-27-33(42(45(56)51-36)52-46(57)43(48(2,3)4)53-47(58)63-49(5,6)7)23-26-39(32)62-40-29-37(30-17-11-10-12-18-30)50-38-28-34(61-8)24-25-35(38)40/h10-15,17-19,21-29,36,42-43H,9,16,20H2,1-8H3,(H,51,56)(H,52,57)(H,53,58)(H,54,55)/b21-15+/t36-,42?,43+/m0/s1. The number of methoxy groups -OCH3 is 1. The Morgan fingerprint density at radius 2 is 1.59 bits per heavy atom. The molecule has 1 aromatic heterocycles. The summed E-state index contributed by atoms with van der Waals surface area (Å²) < 4.78 is 47.5. The fraction of sp³-hybridized carbons (Fsp3) is 0.327. The van der Waals surface area contributed by atoms with Gasteiger partial charge in [0.25, 0.3) is 15.9 Å². The van der Waals surface area contributed by atoms with Crippen molar-refractivity contribution < 1.29 is 41.8 Å². The molecule has 4 aromatic carbocycles. The molecule has 0 fully saturated rings. The number of pyridine rings is 1. The lowest BCUT2D eigenvalue weighted by Gasteiger charge is -2.33. The van der Waals surface area contributed by atoms with Gasteiger partial charge in [-0.2, -0.15) is 0 Å². The van der Waals surface area contributed by atoms with Gasteiger partial charge in [0.1, 0.15) is 41.0 Å². The van der Waals surface area contributed by atoms with Crippen LogP contribution in [0.4, 0.5) is 4.79 Å². The monoisotopic (exact) mass is 889 g/mol. The molecule has 2 heterocycles. The number of carbonyl (C=O) groups is 4. The maximum atomic E-state index is 14.6. The van der Waals surface area contributed by atoms with Gasteiger partial charge in [-0.05, 0) is 80.5 Å². The van der Waals surface area contributed by atoms with Crippen LogP contribution in [0.3, 0.4) is 0 Å². The molecule has 0 saturated carbocycles. The number of hydrogen-bond acceptors (Lipinski definition) is 10. The molecule has 14 nitrogen and oxygen atoms in total. The number of ether oxygens (including phenoxy) is 3. The van der Waals surface area contributed by atoms with E-state index in [0.29, 0.717) is 57.0 Å². The van der Waals surface area contributed by atoms with Crippen molar-refractivity contribution in [1.29, 1.82) is 0 Å². The van der Waals surface area contributed by atoms with Crippen molar-refractivity contribution in [1.82, 2.24) is 25.7 Å². The van der Waals surface area contributed by atoms with Gasteiger partial charge in [-0.1, -0.05) is 101 Å². The van der Waals surface area contributed by atoms with E-state index in [1.807, 2.05) is 48.5 Å². The van der Waals surface area contributed by atoms with E-state index in [0.717, 1.165) is 5.56 Å². The Kier molecular flexibility index (Phi) is 14.1. The lowest BCUT2D eigenvalue weighted by molar-refractivity contribution is -0.133. The van der Waals surface area contributed by atoms with Crippen molar-refractivity contribution in [3.05, 3.63) is 120 Å². The van der Waals surface area contributed by atoms with Gasteiger partial charge in [-0.3, -0.25) is 14.4 Å². The molecule has 0 radical (unpaired) electrons. The number of benzene rings is 4. The normalized spacial score (nSPS) is 17.6. The number of carbonyl (C=O) groups excluding carboxylic acids is 4. The minimum atomic E-state index is -4.41. The second kappa shape index (κ2) is 19.3. The van der Waals surface area contributed by atoms with Crippen LogP contribution < -0.4 is 30.1 Å². The molecular formula is C49H55N5O9S. The zero-order valence-electron chi connectivity index (χ0n) is 37.3. The maximum absolute atomic E-state index is 14.6. The summed E-state index contributed by atoms with van der Waals surface area (Å²) in [7, 11) is -2.83. The molecule has 1 unspecified atom stereocenters. The largest absolute Gasteiger partial charge is 0.497 e. The lowest BCUT2D eigenvalue weighted by Crippen LogP contribution is -2.57. The summed E-state index contributed by atoms with van der Waals surface area (Å²) in [5.41, 5.74) is 1.58. The third-order valence-electron chi connectivity index (χ3n) is 10.3. The Balaban J connectivity index is 1.51. The Morgan fingerprint density at radius 3 is 2.28 bits per heavy atom. The van der Waals surface area contributed by atoms with Crippen LogP contribution in [-0.2, 0) is 35.6 Å². The van der Waals surface area contributed by atoms with Crippen LogP contribution in [0.5, 0.6) is 17.2 Å². The first-order valence-electron chi connectivity index (χ1n) is 21.0. The molecule has 64 heavy (non-hydrogen) atoms. The zero-order chi connectivity index (χ0) is 46.4. The van der Waals surface area contributed by atoms with Gasteiger partial charge in [0.15, 0.2) is 0 Å². The SMILES string of the molecule is CCC[C@@H]1NC(=O)C(NC(=O)[C@@H](NC(=O)OC(C)(C)C)C(C)(C)C)c2ccc(Oc3cc(-c4ccccc4)nc4cc(OC)ccc34)c(c2)/C=C/Cc2ccccc2S(=O)(=O)NC1=O. The molecular weight excluding hydrogens is 835 g/mol. The van der Waals surface area contributed by atoms with E-state index < -0.39 is 63.0 Å². The van der Waals surface area contributed by atoms with Gasteiger partial charge in [0.05, 0.1) is 23.2 Å². The van der Waals surface area contributed by atoms with Crippen molar-refractivity contribution in [3.8, 4) is 28.5 Å². The topological polar surface area (TPSA) is 191 Å². The number of rotatable bonds is 9. The Morgan fingerprint density at radius 1 is 0.875 bits per heavy atom. The van der Waals surface area contributed by atoms with Crippen LogP contribution >= 0.6 is 0 Å². The molecule has 336 valence electrons. The van der Waals surface area contributed by atoms with E-state index in [4.69, 9.17) is 19.2 Å². The average molecular weight is 890 g/mol. The molecule has 0 saturated heterocycles. The summed E-state index contributed by atoms with van der Waals surface area (Å²) in [6.45, 7) is 12.1.